The number of nitrogens with zero attached hydrogens (tertiary/aromatic N) is 2. The van der Waals surface area contributed by atoms with Crippen LogP contribution in [0, 0.1) is 0 Å². The lowest BCUT2D eigenvalue weighted by Gasteiger charge is -2.31. The summed E-state index contributed by atoms with van der Waals surface area (Å²) in [6.45, 7) is 14.6. The van der Waals surface area contributed by atoms with E-state index in [0.717, 1.165) is 77.3 Å². The molecule has 1 aliphatic heterocycles. The highest BCUT2D eigenvalue weighted by atomic mass is 16.6. The third kappa shape index (κ3) is 19.5. The van der Waals surface area contributed by atoms with E-state index < -0.39 is 5.60 Å². The number of ether oxygens (including phenoxy) is 2. The summed E-state index contributed by atoms with van der Waals surface area (Å²) in [6, 6.07) is 9.73. The number of rotatable bonds is 15. The Morgan fingerprint density at radius 1 is 0.829 bits per heavy atom. The fourth-order valence-electron chi connectivity index (χ4n) is 4.84. The van der Waals surface area contributed by atoms with E-state index in [1.807, 2.05) is 51.1 Å². The monoisotopic (exact) mass is 575 g/mol. The summed E-state index contributed by atoms with van der Waals surface area (Å²) in [5, 5.41) is 9.90. The van der Waals surface area contributed by atoms with Gasteiger partial charge in [-0.15, -0.1) is 0 Å². The first-order valence-electron chi connectivity index (χ1n) is 15.8. The predicted octanol–water partition coefficient (Wildman–Crippen LogP) is 4.52. The van der Waals surface area contributed by atoms with Gasteiger partial charge in [-0.3, -0.25) is 14.6 Å². The topological polar surface area (TPSA) is 95.2 Å². The van der Waals surface area contributed by atoms with E-state index in [9.17, 15) is 9.59 Å². The van der Waals surface area contributed by atoms with Gasteiger partial charge in [0, 0.05) is 32.7 Å². The molecule has 0 spiro atoms. The highest BCUT2D eigenvalue weighted by Crippen LogP contribution is 2.11. The molecule has 9 nitrogen and oxygen atoms in total. The Hall–Kier alpha value is -2.20. The van der Waals surface area contributed by atoms with E-state index in [4.69, 9.17) is 9.47 Å². The summed E-state index contributed by atoms with van der Waals surface area (Å²) in [4.78, 5) is 29.0. The van der Waals surface area contributed by atoms with Crippen molar-refractivity contribution < 1.29 is 19.1 Å². The molecular weight excluding hydrogens is 518 g/mol. The molecule has 0 aliphatic carbocycles. The molecule has 0 bridgehead atoms. The fourth-order valence-corrected chi connectivity index (χ4v) is 4.84. The third-order valence-electron chi connectivity index (χ3n) is 6.97. The quantitative estimate of drug-likeness (QED) is 0.208. The van der Waals surface area contributed by atoms with Crippen molar-refractivity contribution in [3.8, 4) is 0 Å². The van der Waals surface area contributed by atoms with Gasteiger partial charge in [0.2, 0.25) is 0 Å². The summed E-state index contributed by atoms with van der Waals surface area (Å²) < 4.78 is 10.8. The average molecular weight is 576 g/mol. The molecule has 1 aromatic rings. The molecule has 1 aliphatic rings. The first-order chi connectivity index (χ1) is 19.8. The van der Waals surface area contributed by atoms with Gasteiger partial charge in [0.25, 0.3) is 0 Å². The molecule has 234 valence electrons. The van der Waals surface area contributed by atoms with Crippen molar-refractivity contribution in [1.82, 2.24) is 25.8 Å². The minimum absolute atomic E-state index is 0.151. The number of nitrogens with one attached hydrogen (secondary N) is 3. The zero-order valence-electron chi connectivity index (χ0n) is 26.1. The minimum Gasteiger partial charge on any atom is -0.459 e. The van der Waals surface area contributed by atoms with Crippen LogP contribution in [0.25, 0.3) is 0 Å². The molecule has 0 aromatic heterocycles. The Bertz CT molecular complexity index is 818. The van der Waals surface area contributed by atoms with E-state index in [1.54, 1.807) is 0 Å². The van der Waals surface area contributed by atoms with Crippen LogP contribution in [0.1, 0.15) is 84.1 Å². The molecule has 1 amide bonds. The van der Waals surface area contributed by atoms with Gasteiger partial charge in [-0.2, -0.15) is 0 Å². The maximum absolute atomic E-state index is 12.5. The standard InChI is InChI=1S/C32H57N5O4/c1-32(2,3)41-30(38)26-37-25-22-34-19-15-18-33-21-24-36(28-37)23-14-9-7-5-4-6-8-13-20-35-31(39)40-27-29-16-11-10-12-17-29/h10-12,16-17,33-34H,4-9,13-15,18-28H2,1-3H3,(H,35,39). The molecule has 0 unspecified atom stereocenters. The molecule has 41 heavy (non-hydrogen) atoms. The lowest BCUT2D eigenvalue weighted by Crippen LogP contribution is -2.47. The van der Waals surface area contributed by atoms with Crippen molar-refractivity contribution in [2.45, 2.75) is 90.8 Å². The number of amides is 1. The second kappa shape index (κ2) is 21.5. The maximum Gasteiger partial charge on any atom is 0.407 e. The van der Waals surface area contributed by atoms with Crippen LogP contribution in [0.4, 0.5) is 4.79 Å². The number of unbranched alkanes of at least 4 members (excludes halogenated alkanes) is 7. The molecule has 0 radical (unpaired) electrons. The van der Waals surface area contributed by atoms with Crippen molar-refractivity contribution in [2.24, 2.45) is 0 Å². The number of hydrogen-bond acceptors (Lipinski definition) is 8. The van der Waals surface area contributed by atoms with Crippen LogP contribution >= 0.6 is 0 Å². The molecule has 9 heteroatoms. The lowest BCUT2D eigenvalue weighted by atomic mass is 10.1. The lowest BCUT2D eigenvalue weighted by molar-refractivity contribution is -0.156. The Morgan fingerprint density at radius 2 is 1.44 bits per heavy atom. The Morgan fingerprint density at radius 3 is 2.10 bits per heavy atom. The maximum atomic E-state index is 12.5. The number of carbonyl (C=O) groups is 2. The van der Waals surface area contributed by atoms with E-state index in [2.05, 4.69) is 25.8 Å². The zero-order chi connectivity index (χ0) is 29.6. The number of benzene rings is 1. The SMILES string of the molecule is CC(C)(C)OC(=O)CN1CCNCCCNCCN(CCCCCCCCCCNC(=O)OCc2ccccc2)C1. The normalized spacial score (nSPS) is 16.4. The predicted molar refractivity (Wildman–Crippen MR) is 166 cm³/mol. The molecule has 1 aromatic carbocycles. The van der Waals surface area contributed by atoms with Crippen LogP contribution in [-0.4, -0.2) is 93.0 Å². The van der Waals surface area contributed by atoms with Crippen molar-refractivity contribution in [3.05, 3.63) is 35.9 Å². The van der Waals surface area contributed by atoms with E-state index >= 15 is 0 Å². The van der Waals surface area contributed by atoms with Crippen molar-refractivity contribution >= 4 is 12.1 Å². The van der Waals surface area contributed by atoms with Gasteiger partial charge >= 0.3 is 12.1 Å². The first-order valence-corrected chi connectivity index (χ1v) is 15.8. The van der Waals surface area contributed by atoms with Crippen LogP contribution in [0.3, 0.4) is 0 Å². The van der Waals surface area contributed by atoms with E-state index in [0.29, 0.717) is 19.7 Å². The summed E-state index contributed by atoms with van der Waals surface area (Å²) in [5.41, 5.74) is 0.537. The molecule has 3 N–H and O–H groups in total. The Labute approximate surface area is 249 Å². The van der Waals surface area contributed by atoms with Crippen LogP contribution < -0.4 is 16.0 Å². The van der Waals surface area contributed by atoms with E-state index in [-0.39, 0.29) is 12.1 Å². The summed E-state index contributed by atoms with van der Waals surface area (Å²) in [7, 11) is 0. The summed E-state index contributed by atoms with van der Waals surface area (Å²) in [5.74, 6) is -0.151. The van der Waals surface area contributed by atoms with Gasteiger partial charge < -0.3 is 25.4 Å². The largest absolute Gasteiger partial charge is 0.459 e. The molecular formula is C32H57N5O4. The van der Waals surface area contributed by atoms with Crippen molar-refractivity contribution in [1.29, 1.82) is 0 Å². The molecule has 1 heterocycles. The Balaban J connectivity index is 1.55. The van der Waals surface area contributed by atoms with Gasteiger partial charge in [0.1, 0.15) is 12.2 Å². The summed E-state index contributed by atoms with van der Waals surface area (Å²) in [6.07, 6.45) is 10.2. The first kappa shape index (κ1) is 35.0. The second-order valence-corrected chi connectivity index (χ2v) is 12.1. The molecule has 0 atom stereocenters. The number of esters is 1. The number of alkyl carbamates (subject to hydrolysis) is 1. The van der Waals surface area contributed by atoms with Crippen molar-refractivity contribution in [3.63, 3.8) is 0 Å². The minimum atomic E-state index is -0.459. The smallest absolute Gasteiger partial charge is 0.407 e. The molecule has 1 saturated heterocycles. The highest BCUT2D eigenvalue weighted by Gasteiger charge is 2.20. The van der Waals surface area contributed by atoms with Gasteiger partial charge in [-0.1, -0.05) is 68.9 Å². The van der Waals surface area contributed by atoms with E-state index in [1.165, 1.54) is 38.5 Å². The van der Waals surface area contributed by atoms with Gasteiger partial charge in [-0.25, -0.2) is 4.79 Å². The van der Waals surface area contributed by atoms with Crippen LogP contribution in [0.15, 0.2) is 30.3 Å². The van der Waals surface area contributed by atoms with Gasteiger partial charge in [0.15, 0.2) is 0 Å². The zero-order valence-corrected chi connectivity index (χ0v) is 26.1. The summed E-state index contributed by atoms with van der Waals surface area (Å²) >= 11 is 0. The van der Waals surface area contributed by atoms with Crippen LogP contribution in [-0.2, 0) is 20.9 Å². The average Bonchev–Trinajstić information content (AvgIpc) is 2.92. The van der Waals surface area contributed by atoms with Crippen LogP contribution in [0.5, 0.6) is 0 Å². The van der Waals surface area contributed by atoms with Gasteiger partial charge in [0.05, 0.1) is 13.2 Å². The molecule has 0 saturated carbocycles. The van der Waals surface area contributed by atoms with Gasteiger partial charge in [-0.05, 0) is 65.2 Å². The van der Waals surface area contributed by atoms with Crippen molar-refractivity contribution in [2.75, 3.05) is 65.6 Å². The molecule has 1 fully saturated rings. The second-order valence-electron chi connectivity index (χ2n) is 12.1. The fraction of sp³-hybridized carbons (Fsp3) is 0.750. The molecule has 2 rings (SSSR count). The number of hydrogen-bond donors (Lipinski definition) is 3. The highest BCUT2D eigenvalue weighted by molar-refractivity contribution is 5.72. The third-order valence-corrected chi connectivity index (χ3v) is 6.97. The Kier molecular flexibility index (Phi) is 18.3. The van der Waals surface area contributed by atoms with Crippen LogP contribution in [0.2, 0.25) is 0 Å². The number of carbonyl (C=O) groups excluding carboxylic acids is 2.